The van der Waals surface area contributed by atoms with Gasteiger partial charge in [0.2, 0.25) is 0 Å². The second-order valence-electron chi connectivity index (χ2n) is 5.46. The fourth-order valence-electron chi connectivity index (χ4n) is 3.26. The molecule has 0 saturated heterocycles. The predicted octanol–water partition coefficient (Wildman–Crippen LogP) is 3.56. The van der Waals surface area contributed by atoms with Crippen LogP contribution in [0.4, 0.5) is 0 Å². The van der Waals surface area contributed by atoms with Gasteiger partial charge < -0.3 is 4.74 Å². The number of rotatable bonds is 2. The summed E-state index contributed by atoms with van der Waals surface area (Å²) in [6, 6.07) is 9.43. The summed E-state index contributed by atoms with van der Waals surface area (Å²) in [5.74, 6) is 1.56. The summed E-state index contributed by atoms with van der Waals surface area (Å²) in [5, 5.41) is 0. The number of para-hydroxylation sites is 1. The summed E-state index contributed by atoms with van der Waals surface area (Å²) >= 11 is 0. The van der Waals surface area contributed by atoms with Crippen LogP contribution in [-0.2, 0) is 4.79 Å². The Balaban J connectivity index is 1.73. The van der Waals surface area contributed by atoms with E-state index >= 15 is 0 Å². The van der Waals surface area contributed by atoms with Crippen LogP contribution in [0.25, 0.3) is 0 Å². The molecule has 2 bridgehead atoms. The van der Waals surface area contributed by atoms with Gasteiger partial charge in [0.05, 0.1) is 5.41 Å². The summed E-state index contributed by atoms with van der Waals surface area (Å²) in [7, 11) is 0. The lowest BCUT2D eigenvalue weighted by Crippen LogP contribution is -2.42. The highest BCUT2D eigenvalue weighted by Gasteiger charge is 2.47. The molecule has 0 aromatic heterocycles. The van der Waals surface area contributed by atoms with E-state index in [9.17, 15) is 4.79 Å². The highest BCUT2D eigenvalue weighted by Crippen LogP contribution is 2.50. The first-order chi connectivity index (χ1) is 8.28. The predicted molar refractivity (Wildman–Crippen MR) is 65.7 cm³/mol. The van der Waals surface area contributed by atoms with Gasteiger partial charge in [-0.05, 0) is 56.6 Å². The lowest BCUT2D eigenvalue weighted by atomic mass is 9.61. The molecule has 0 amide bonds. The van der Waals surface area contributed by atoms with E-state index in [4.69, 9.17) is 4.74 Å². The van der Waals surface area contributed by atoms with E-state index in [2.05, 4.69) is 0 Å². The molecule has 3 aliphatic rings. The number of hydrogen-bond acceptors (Lipinski definition) is 2. The molecule has 0 unspecified atom stereocenters. The number of hydrogen-bond donors (Lipinski definition) is 0. The van der Waals surface area contributed by atoms with Crippen molar-refractivity contribution in [1.82, 2.24) is 0 Å². The zero-order valence-electron chi connectivity index (χ0n) is 10.0. The molecule has 2 nitrogen and oxygen atoms in total. The topological polar surface area (TPSA) is 26.3 Å². The molecule has 2 heteroatoms. The maximum atomic E-state index is 12.3. The first kappa shape index (κ1) is 10.8. The minimum absolute atomic E-state index is 0.00171. The molecule has 3 fully saturated rings. The SMILES string of the molecule is O=C(Oc1ccccc1)C12CCC(CC1)CC2. The van der Waals surface area contributed by atoms with E-state index in [0.29, 0.717) is 5.75 Å². The Hall–Kier alpha value is -1.31. The van der Waals surface area contributed by atoms with E-state index in [-0.39, 0.29) is 11.4 Å². The molecule has 1 aromatic carbocycles. The first-order valence-corrected chi connectivity index (χ1v) is 6.56. The van der Waals surface area contributed by atoms with Gasteiger partial charge in [0, 0.05) is 0 Å². The van der Waals surface area contributed by atoms with Crippen molar-refractivity contribution in [3.8, 4) is 5.75 Å². The van der Waals surface area contributed by atoms with Crippen molar-refractivity contribution >= 4 is 5.97 Å². The van der Waals surface area contributed by atoms with Crippen molar-refractivity contribution in [2.24, 2.45) is 11.3 Å². The van der Waals surface area contributed by atoms with Gasteiger partial charge >= 0.3 is 5.97 Å². The number of esters is 1. The zero-order chi connectivity index (χ0) is 11.7. The third kappa shape index (κ3) is 1.97. The maximum Gasteiger partial charge on any atom is 0.317 e. The van der Waals surface area contributed by atoms with E-state index in [0.717, 1.165) is 25.2 Å². The first-order valence-electron chi connectivity index (χ1n) is 6.56. The smallest absolute Gasteiger partial charge is 0.317 e. The molecule has 0 atom stereocenters. The molecular weight excluding hydrogens is 212 g/mol. The van der Waals surface area contributed by atoms with Crippen LogP contribution in [0.3, 0.4) is 0 Å². The monoisotopic (exact) mass is 230 g/mol. The minimum atomic E-state index is -0.162. The zero-order valence-corrected chi connectivity index (χ0v) is 10.0. The fraction of sp³-hybridized carbons (Fsp3) is 0.533. The molecule has 0 aliphatic heterocycles. The van der Waals surface area contributed by atoms with Crippen LogP contribution in [0.2, 0.25) is 0 Å². The molecule has 3 aliphatic carbocycles. The molecule has 0 radical (unpaired) electrons. The van der Waals surface area contributed by atoms with Crippen molar-refractivity contribution in [1.29, 1.82) is 0 Å². The molecule has 17 heavy (non-hydrogen) atoms. The lowest BCUT2D eigenvalue weighted by molar-refractivity contribution is -0.152. The lowest BCUT2D eigenvalue weighted by Gasteiger charge is -2.44. The quantitative estimate of drug-likeness (QED) is 0.573. The van der Waals surface area contributed by atoms with Crippen LogP contribution in [0, 0.1) is 11.3 Å². The normalized spacial score (nSPS) is 31.2. The summed E-state index contributed by atoms with van der Waals surface area (Å²) in [6.07, 6.45) is 6.73. The number of carbonyl (C=O) groups is 1. The molecule has 90 valence electrons. The van der Waals surface area contributed by atoms with Crippen LogP contribution >= 0.6 is 0 Å². The van der Waals surface area contributed by atoms with Gasteiger partial charge in [0.1, 0.15) is 5.75 Å². The Labute approximate surface area is 102 Å². The highest BCUT2D eigenvalue weighted by atomic mass is 16.5. The Morgan fingerprint density at radius 1 is 1.06 bits per heavy atom. The minimum Gasteiger partial charge on any atom is -0.426 e. The molecule has 4 rings (SSSR count). The average molecular weight is 230 g/mol. The number of ether oxygens (including phenoxy) is 1. The molecule has 0 spiro atoms. The van der Waals surface area contributed by atoms with Gasteiger partial charge in [0.15, 0.2) is 0 Å². The van der Waals surface area contributed by atoms with Gasteiger partial charge in [-0.25, -0.2) is 0 Å². The standard InChI is InChI=1S/C15H18O2/c16-14(17-13-4-2-1-3-5-13)15-9-6-12(7-10-15)8-11-15/h1-5,12H,6-11H2. The van der Waals surface area contributed by atoms with Gasteiger partial charge in [0.25, 0.3) is 0 Å². The summed E-state index contributed by atoms with van der Waals surface area (Å²) in [5.41, 5.74) is -0.162. The Kier molecular flexibility index (Phi) is 2.65. The van der Waals surface area contributed by atoms with Crippen molar-refractivity contribution < 1.29 is 9.53 Å². The van der Waals surface area contributed by atoms with E-state index in [1.807, 2.05) is 30.3 Å². The number of fused-ring (bicyclic) bond motifs is 3. The van der Waals surface area contributed by atoms with Gasteiger partial charge in [-0.2, -0.15) is 0 Å². The highest BCUT2D eigenvalue weighted by molar-refractivity contribution is 5.79. The van der Waals surface area contributed by atoms with Crippen LogP contribution in [-0.4, -0.2) is 5.97 Å². The van der Waals surface area contributed by atoms with Gasteiger partial charge in [-0.3, -0.25) is 4.79 Å². The Morgan fingerprint density at radius 3 is 2.24 bits per heavy atom. The van der Waals surface area contributed by atoms with Crippen LogP contribution in [0.15, 0.2) is 30.3 Å². The van der Waals surface area contributed by atoms with Gasteiger partial charge in [-0.1, -0.05) is 18.2 Å². The van der Waals surface area contributed by atoms with E-state index in [1.165, 1.54) is 19.3 Å². The number of benzene rings is 1. The summed E-state index contributed by atoms with van der Waals surface area (Å²) < 4.78 is 5.53. The fourth-order valence-corrected chi connectivity index (χ4v) is 3.26. The summed E-state index contributed by atoms with van der Waals surface area (Å²) in [4.78, 5) is 12.3. The molecule has 0 heterocycles. The Morgan fingerprint density at radius 2 is 1.65 bits per heavy atom. The van der Waals surface area contributed by atoms with Gasteiger partial charge in [-0.15, -0.1) is 0 Å². The van der Waals surface area contributed by atoms with E-state index in [1.54, 1.807) is 0 Å². The maximum absolute atomic E-state index is 12.3. The molecular formula is C15H18O2. The number of carbonyl (C=O) groups excluding carboxylic acids is 1. The molecule has 1 aromatic rings. The van der Waals surface area contributed by atoms with Crippen LogP contribution in [0.5, 0.6) is 5.75 Å². The second-order valence-corrected chi connectivity index (χ2v) is 5.46. The van der Waals surface area contributed by atoms with Crippen molar-refractivity contribution in [3.05, 3.63) is 30.3 Å². The van der Waals surface area contributed by atoms with E-state index < -0.39 is 0 Å². The largest absolute Gasteiger partial charge is 0.426 e. The van der Waals surface area contributed by atoms with Crippen LogP contribution in [0.1, 0.15) is 38.5 Å². The summed E-state index contributed by atoms with van der Waals surface area (Å²) in [6.45, 7) is 0. The molecule has 0 N–H and O–H groups in total. The van der Waals surface area contributed by atoms with Crippen LogP contribution < -0.4 is 4.74 Å². The Bertz CT molecular complexity index is 388. The third-order valence-electron chi connectivity index (χ3n) is 4.48. The second kappa shape index (κ2) is 4.17. The van der Waals surface area contributed by atoms with Crippen molar-refractivity contribution in [2.45, 2.75) is 38.5 Å². The third-order valence-corrected chi connectivity index (χ3v) is 4.48. The molecule has 3 saturated carbocycles. The van der Waals surface area contributed by atoms with Crippen molar-refractivity contribution in [2.75, 3.05) is 0 Å². The average Bonchev–Trinajstić information content (AvgIpc) is 2.42. The van der Waals surface area contributed by atoms with Crippen molar-refractivity contribution in [3.63, 3.8) is 0 Å².